The molecule has 0 spiro atoms. The van der Waals surface area contributed by atoms with Gasteiger partial charge >= 0.3 is 0 Å². The van der Waals surface area contributed by atoms with Gasteiger partial charge in [-0.05, 0) is 12.5 Å². The van der Waals surface area contributed by atoms with Crippen molar-refractivity contribution in [2.75, 3.05) is 13.7 Å². The summed E-state index contributed by atoms with van der Waals surface area (Å²) in [4.78, 5) is 0. The summed E-state index contributed by atoms with van der Waals surface area (Å²) in [5, 5.41) is 0. The van der Waals surface area contributed by atoms with Crippen LogP contribution in [0.1, 0.15) is 6.42 Å². The lowest BCUT2D eigenvalue weighted by molar-refractivity contribution is 0.0337. The normalized spacial score (nSPS) is 27.4. The van der Waals surface area contributed by atoms with Crippen LogP contribution in [0.4, 0.5) is 0 Å². The van der Waals surface area contributed by atoms with Crippen LogP contribution < -0.4 is 0 Å². The van der Waals surface area contributed by atoms with E-state index in [4.69, 9.17) is 9.47 Å². The van der Waals surface area contributed by atoms with Crippen LogP contribution in [-0.2, 0) is 9.47 Å². The molecule has 0 aromatic rings. The molecule has 8 heavy (non-hydrogen) atoms. The second kappa shape index (κ2) is 2.72. The Balaban J connectivity index is 2.27. The molecule has 0 saturated carbocycles. The van der Waals surface area contributed by atoms with Crippen molar-refractivity contribution >= 4 is 0 Å². The van der Waals surface area contributed by atoms with Gasteiger partial charge in [0.1, 0.15) is 6.61 Å². The second-order valence-corrected chi connectivity index (χ2v) is 1.80. The third kappa shape index (κ3) is 1.23. The van der Waals surface area contributed by atoms with E-state index in [-0.39, 0.29) is 6.10 Å². The monoisotopic (exact) mass is 114 g/mol. The fourth-order valence-electron chi connectivity index (χ4n) is 0.671. The Kier molecular flexibility index (Phi) is 1.92. The molecule has 0 radical (unpaired) electrons. The Hall–Kier alpha value is -0.500. The van der Waals surface area contributed by atoms with Crippen LogP contribution in [-0.4, -0.2) is 19.8 Å². The van der Waals surface area contributed by atoms with Crippen molar-refractivity contribution in [1.29, 1.82) is 0 Å². The molecule has 2 heteroatoms. The summed E-state index contributed by atoms with van der Waals surface area (Å²) in [6.45, 7) is 0.701. The summed E-state index contributed by atoms with van der Waals surface area (Å²) < 4.78 is 9.98. The molecule has 0 unspecified atom stereocenters. The maximum absolute atomic E-state index is 5.01. The van der Waals surface area contributed by atoms with E-state index < -0.39 is 0 Å². The maximum atomic E-state index is 5.01. The van der Waals surface area contributed by atoms with Crippen LogP contribution in [0.3, 0.4) is 0 Å². The van der Waals surface area contributed by atoms with E-state index >= 15 is 0 Å². The maximum Gasteiger partial charge on any atom is 0.114 e. The van der Waals surface area contributed by atoms with Crippen LogP contribution in [0.2, 0.25) is 0 Å². The number of hydrogen-bond donors (Lipinski definition) is 0. The van der Waals surface area contributed by atoms with Gasteiger partial charge in [0.25, 0.3) is 0 Å². The Bertz CT molecular complexity index is 88.5. The minimum atomic E-state index is 0.278. The zero-order valence-electron chi connectivity index (χ0n) is 4.96. The van der Waals surface area contributed by atoms with E-state index in [1.807, 2.05) is 6.08 Å². The molecule has 0 aliphatic carbocycles. The van der Waals surface area contributed by atoms with Crippen molar-refractivity contribution < 1.29 is 9.47 Å². The number of rotatable bonds is 1. The van der Waals surface area contributed by atoms with E-state index in [2.05, 4.69) is 0 Å². The quantitative estimate of drug-likeness (QED) is 0.505. The molecular weight excluding hydrogens is 104 g/mol. The molecule has 0 saturated heterocycles. The molecule has 0 amide bonds. The highest BCUT2D eigenvalue weighted by atomic mass is 16.5. The molecule has 1 rings (SSSR count). The van der Waals surface area contributed by atoms with Gasteiger partial charge in [0.2, 0.25) is 0 Å². The number of hydrogen-bond acceptors (Lipinski definition) is 2. The van der Waals surface area contributed by atoms with Gasteiger partial charge in [-0.3, -0.25) is 0 Å². The van der Waals surface area contributed by atoms with E-state index in [1.165, 1.54) is 0 Å². The van der Waals surface area contributed by atoms with Gasteiger partial charge in [0.15, 0.2) is 0 Å². The molecule has 2 nitrogen and oxygen atoms in total. The van der Waals surface area contributed by atoms with Gasteiger partial charge in [-0.25, -0.2) is 0 Å². The van der Waals surface area contributed by atoms with Crippen LogP contribution in [0.25, 0.3) is 0 Å². The molecule has 1 heterocycles. The summed E-state index contributed by atoms with van der Waals surface area (Å²) >= 11 is 0. The van der Waals surface area contributed by atoms with Gasteiger partial charge < -0.3 is 9.47 Å². The molecule has 0 bridgehead atoms. The lowest BCUT2D eigenvalue weighted by Gasteiger charge is -2.15. The highest BCUT2D eigenvalue weighted by molar-refractivity contribution is 4.82. The van der Waals surface area contributed by atoms with Crippen LogP contribution in [0.5, 0.6) is 0 Å². The summed E-state index contributed by atoms with van der Waals surface area (Å²) in [6.07, 6.45) is 4.95. The molecule has 0 N–H and O–H groups in total. The topological polar surface area (TPSA) is 18.5 Å². The van der Waals surface area contributed by atoms with Gasteiger partial charge in [0, 0.05) is 7.11 Å². The minimum absolute atomic E-state index is 0.278. The van der Waals surface area contributed by atoms with Crippen molar-refractivity contribution in [2.24, 2.45) is 0 Å². The summed E-state index contributed by atoms with van der Waals surface area (Å²) in [7, 11) is 1.70. The summed E-state index contributed by atoms with van der Waals surface area (Å²) in [6, 6.07) is 0. The third-order valence-corrected chi connectivity index (χ3v) is 1.21. The first-order valence-electron chi connectivity index (χ1n) is 2.73. The molecule has 1 aliphatic rings. The van der Waals surface area contributed by atoms with Crippen molar-refractivity contribution in [3.8, 4) is 0 Å². The van der Waals surface area contributed by atoms with Crippen LogP contribution in [0.15, 0.2) is 12.3 Å². The average Bonchev–Trinajstić information content (AvgIpc) is 1.90. The largest absolute Gasteiger partial charge is 0.499 e. The Morgan fingerprint density at radius 1 is 1.75 bits per heavy atom. The first-order chi connectivity index (χ1) is 3.93. The molecule has 0 aromatic carbocycles. The minimum Gasteiger partial charge on any atom is -0.499 e. The SMILES string of the molecule is CO[C@H]1CC=COC1. The molecule has 0 aromatic heterocycles. The fraction of sp³-hybridized carbons (Fsp3) is 0.667. The smallest absolute Gasteiger partial charge is 0.114 e. The first kappa shape index (κ1) is 5.63. The molecular formula is C6H10O2. The van der Waals surface area contributed by atoms with Crippen molar-refractivity contribution in [3.63, 3.8) is 0 Å². The third-order valence-electron chi connectivity index (χ3n) is 1.21. The number of methoxy groups -OCH3 is 1. The fourth-order valence-corrected chi connectivity index (χ4v) is 0.671. The van der Waals surface area contributed by atoms with Gasteiger partial charge in [-0.15, -0.1) is 0 Å². The Morgan fingerprint density at radius 3 is 3.00 bits per heavy atom. The van der Waals surface area contributed by atoms with Crippen molar-refractivity contribution in [3.05, 3.63) is 12.3 Å². The molecule has 46 valence electrons. The molecule has 1 aliphatic heterocycles. The highest BCUT2D eigenvalue weighted by Gasteiger charge is 2.06. The first-order valence-corrected chi connectivity index (χ1v) is 2.73. The Labute approximate surface area is 49.1 Å². The molecule has 0 fully saturated rings. The van der Waals surface area contributed by atoms with E-state index in [9.17, 15) is 0 Å². The van der Waals surface area contributed by atoms with E-state index in [1.54, 1.807) is 13.4 Å². The van der Waals surface area contributed by atoms with Crippen molar-refractivity contribution in [1.82, 2.24) is 0 Å². The van der Waals surface area contributed by atoms with Gasteiger partial charge in [-0.2, -0.15) is 0 Å². The van der Waals surface area contributed by atoms with E-state index in [0.29, 0.717) is 6.61 Å². The van der Waals surface area contributed by atoms with Gasteiger partial charge in [0.05, 0.1) is 12.4 Å². The average molecular weight is 114 g/mol. The number of ether oxygens (including phenoxy) is 2. The lowest BCUT2D eigenvalue weighted by Crippen LogP contribution is -2.18. The highest BCUT2D eigenvalue weighted by Crippen LogP contribution is 2.04. The van der Waals surface area contributed by atoms with Crippen LogP contribution in [0, 0.1) is 0 Å². The molecule has 1 atom stereocenters. The Morgan fingerprint density at radius 2 is 2.62 bits per heavy atom. The lowest BCUT2D eigenvalue weighted by atomic mass is 10.2. The predicted molar refractivity (Wildman–Crippen MR) is 30.5 cm³/mol. The zero-order valence-corrected chi connectivity index (χ0v) is 4.96. The van der Waals surface area contributed by atoms with Crippen LogP contribution >= 0.6 is 0 Å². The van der Waals surface area contributed by atoms with Gasteiger partial charge in [-0.1, -0.05) is 0 Å². The van der Waals surface area contributed by atoms with Crippen molar-refractivity contribution in [2.45, 2.75) is 12.5 Å². The summed E-state index contributed by atoms with van der Waals surface area (Å²) in [5.41, 5.74) is 0. The summed E-state index contributed by atoms with van der Waals surface area (Å²) in [5.74, 6) is 0. The van der Waals surface area contributed by atoms with E-state index in [0.717, 1.165) is 6.42 Å². The zero-order chi connectivity index (χ0) is 5.82. The standard InChI is InChI=1S/C6H10O2/c1-7-6-3-2-4-8-5-6/h2,4,6H,3,5H2,1H3/t6-/m0/s1. The second-order valence-electron chi connectivity index (χ2n) is 1.80. The predicted octanol–water partition coefficient (Wildman–Crippen LogP) is 0.935.